The van der Waals surface area contributed by atoms with Gasteiger partial charge in [0.25, 0.3) is 0 Å². The fraction of sp³-hybridized carbons (Fsp3) is 0.400. The molecule has 0 saturated carbocycles. The predicted molar refractivity (Wildman–Crippen MR) is 56.2 cm³/mol. The average molecular weight is 230 g/mol. The zero-order valence-electron chi connectivity index (χ0n) is 8.07. The number of rotatable bonds is 3. The van der Waals surface area contributed by atoms with Gasteiger partial charge in [-0.25, -0.2) is 0 Å². The molecule has 0 aromatic heterocycles. The monoisotopic (exact) mass is 229 g/mol. The fourth-order valence-corrected chi connectivity index (χ4v) is 1.78. The van der Waals surface area contributed by atoms with Gasteiger partial charge in [0.05, 0.1) is 5.02 Å². The maximum Gasteiger partial charge on any atom is 0.231 e. The summed E-state index contributed by atoms with van der Waals surface area (Å²) >= 11 is 6.00. The SMILES string of the molecule is NC(CCO)c1cc(Cl)c2c(c1)OCO2. The van der Waals surface area contributed by atoms with Gasteiger partial charge in [-0.15, -0.1) is 0 Å². The van der Waals surface area contributed by atoms with E-state index in [0.717, 1.165) is 5.56 Å². The van der Waals surface area contributed by atoms with Crippen LogP contribution in [0.2, 0.25) is 5.02 Å². The highest BCUT2D eigenvalue weighted by atomic mass is 35.5. The van der Waals surface area contributed by atoms with Crippen LogP contribution >= 0.6 is 11.6 Å². The molecule has 1 aromatic rings. The van der Waals surface area contributed by atoms with Crippen molar-refractivity contribution in [1.29, 1.82) is 0 Å². The lowest BCUT2D eigenvalue weighted by molar-refractivity contribution is 0.174. The van der Waals surface area contributed by atoms with Crippen LogP contribution in [0.1, 0.15) is 18.0 Å². The first-order valence-electron chi connectivity index (χ1n) is 4.68. The Labute approximate surface area is 92.5 Å². The minimum atomic E-state index is -0.234. The molecule has 5 heteroatoms. The van der Waals surface area contributed by atoms with Gasteiger partial charge in [-0.2, -0.15) is 0 Å². The van der Waals surface area contributed by atoms with Gasteiger partial charge in [-0.3, -0.25) is 0 Å². The normalized spacial score (nSPS) is 15.4. The van der Waals surface area contributed by atoms with E-state index in [2.05, 4.69) is 0 Å². The summed E-state index contributed by atoms with van der Waals surface area (Å²) in [7, 11) is 0. The summed E-state index contributed by atoms with van der Waals surface area (Å²) < 4.78 is 10.4. The molecule has 4 nitrogen and oxygen atoms in total. The smallest absolute Gasteiger partial charge is 0.231 e. The van der Waals surface area contributed by atoms with Crippen LogP contribution in [0.15, 0.2) is 12.1 Å². The molecule has 3 N–H and O–H groups in total. The van der Waals surface area contributed by atoms with Crippen molar-refractivity contribution in [3.05, 3.63) is 22.7 Å². The molecular weight excluding hydrogens is 218 g/mol. The van der Waals surface area contributed by atoms with E-state index in [4.69, 9.17) is 31.9 Å². The molecular formula is C10H12ClNO3. The number of hydrogen-bond donors (Lipinski definition) is 2. The highest BCUT2D eigenvalue weighted by Crippen LogP contribution is 2.40. The zero-order chi connectivity index (χ0) is 10.8. The minimum absolute atomic E-state index is 0.0488. The summed E-state index contributed by atoms with van der Waals surface area (Å²) in [6.45, 7) is 0.237. The van der Waals surface area contributed by atoms with Gasteiger partial charge in [0.15, 0.2) is 11.5 Å². The quantitative estimate of drug-likeness (QED) is 0.824. The van der Waals surface area contributed by atoms with Crippen molar-refractivity contribution in [2.75, 3.05) is 13.4 Å². The van der Waals surface area contributed by atoms with Crippen molar-refractivity contribution < 1.29 is 14.6 Å². The first-order chi connectivity index (χ1) is 7.22. The van der Waals surface area contributed by atoms with E-state index in [1.165, 1.54) is 0 Å². The maximum atomic E-state index is 8.79. The molecule has 0 spiro atoms. The molecule has 1 aliphatic heterocycles. The zero-order valence-corrected chi connectivity index (χ0v) is 8.83. The van der Waals surface area contributed by atoms with Crippen molar-refractivity contribution in [2.24, 2.45) is 5.73 Å². The molecule has 1 aliphatic rings. The van der Waals surface area contributed by atoms with Crippen LogP contribution < -0.4 is 15.2 Å². The van der Waals surface area contributed by atoms with Crippen molar-refractivity contribution in [2.45, 2.75) is 12.5 Å². The number of aliphatic hydroxyl groups is 1. The summed E-state index contributed by atoms with van der Waals surface area (Å²) in [6, 6.07) is 3.31. The second-order valence-corrected chi connectivity index (χ2v) is 3.76. The van der Waals surface area contributed by atoms with Crippen molar-refractivity contribution in [3.63, 3.8) is 0 Å². The van der Waals surface area contributed by atoms with E-state index in [0.29, 0.717) is 22.9 Å². The Hall–Kier alpha value is -0.970. The number of ether oxygens (including phenoxy) is 2. The molecule has 0 aliphatic carbocycles. The van der Waals surface area contributed by atoms with E-state index in [-0.39, 0.29) is 19.4 Å². The first kappa shape index (κ1) is 10.5. The fourth-order valence-electron chi connectivity index (χ4n) is 1.51. The van der Waals surface area contributed by atoms with Crippen LogP contribution in [-0.2, 0) is 0 Å². The van der Waals surface area contributed by atoms with Gasteiger partial charge in [-0.1, -0.05) is 11.6 Å². The van der Waals surface area contributed by atoms with Crippen LogP contribution in [0.5, 0.6) is 11.5 Å². The molecule has 0 radical (unpaired) electrons. The summed E-state index contributed by atoms with van der Waals surface area (Å²) in [6.07, 6.45) is 0.496. The summed E-state index contributed by atoms with van der Waals surface area (Å²) in [4.78, 5) is 0. The number of nitrogens with two attached hydrogens (primary N) is 1. The molecule has 1 atom stereocenters. The highest BCUT2D eigenvalue weighted by molar-refractivity contribution is 6.32. The lowest BCUT2D eigenvalue weighted by Gasteiger charge is -2.11. The van der Waals surface area contributed by atoms with E-state index in [1.807, 2.05) is 0 Å². The molecule has 0 amide bonds. The second kappa shape index (κ2) is 4.26. The maximum absolute atomic E-state index is 8.79. The number of halogens is 1. The van der Waals surface area contributed by atoms with Crippen LogP contribution in [0, 0.1) is 0 Å². The molecule has 0 bridgehead atoms. The summed E-state index contributed by atoms with van der Waals surface area (Å²) in [5, 5.41) is 9.29. The van der Waals surface area contributed by atoms with Crippen LogP contribution in [0.25, 0.3) is 0 Å². The van der Waals surface area contributed by atoms with Gasteiger partial charge in [0, 0.05) is 12.6 Å². The predicted octanol–water partition coefficient (Wildman–Crippen LogP) is 1.45. The Kier molecular flexibility index (Phi) is 3.00. The van der Waals surface area contributed by atoms with Crippen molar-refractivity contribution >= 4 is 11.6 Å². The van der Waals surface area contributed by atoms with Gasteiger partial charge < -0.3 is 20.3 Å². The topological polar surface area (TPSA) is 64.7 Å². The average Bonchev–Trinajstić information content (AvgIpc) is 2.66. The van der Waals surface area contributed by atoms with Gasteiger partial charge >= 0.3 is 0 Å². The minimum Gasteiger partial charge on any atom is -0.454 e. The molecule has 0 saturated heterocycles. The Bertz CT molecular complexity index is 370. The summed E-state index contributed by atoms with van der Waals surface area (Å²) in [5.41, 5.74) is 6.70. The van der Waals surface area contributed by atoms with Gasteiger partial charge in [-0.05, 0) is 24.1 Å². The Balaban J connectivity index is 2.30. The van der Waals surface area contributed by atoms with Crippen molar-refractivity contribution in [3.8, 4) is 11.5 Å². The Morgan fingerprint density at radius 3 is 3.00 bits per heavy atom. The number of benzene rings is 1. The lowest BCUT2D eigenvalue weighted by Crippen LogP contribution is -2.11. The van der Waals surface area contributed by atoms with E-state index in [9.17, 15) is 0 Å². The Morgan fingerprint density at radius 2 is 2.27 bits per heavy atom. The van der Waals surface area contributed by atoms with Crippen molar-refractivity contribution in [1.82, 2.24) is 0 Å². The molecule has 15 heavy (non-hydrogen) atoms. The molecule has 82 valence electrons. The summed E-state index contributed by atoms with van der Waals surface area (Å²) in [5.74, 6) is 1.18. The van der Waals surface area contributed by atoms with Gasteiger partial charge in [0.2, 0.25) is 6.79 Å². The number of aliphatic hydroxyl groups excluding tert-OH is 1. The lowest BCUT2D eigenvalue weighted by atomic mass is 10.0. The third kappa shape index (κ3) is 2.02. The molecule has 1 unspecified atom stereocenters. The highest BCUT2D eigenvalue weighted by Gasteiger charge is 2.20. The molecule has 0 fully saturated rings. The van der Waals surface area contributed by atoms with Crippen LogP contribution in [0.4, 0.5) is 0 Å². The van der Waals surface area contributed by atoms with E-state index in [1.54, 1.807) is 12.1 Å². The number of hydrogen-bond acceptors (Lipinski definition) is 4. The molecule has 1 heterocycles. The van der Waals surface area contributed by atoms with E-state index < -0.39 is 0 Å². The third-order valence-electron chi connectivity index (χ3n) is 2.32. The van der Waals surface area contributed by atoms with Crippen LogP contribution in [-0.4, -0.2) is 18.5 Å². The van der Waals surface area contributed by atoms with Gasteiger partial charge in [0.1, 0.15) is 0 Å². The number of fused-ring (bicyclic) bond motifs is 1. The third-order valence-corrected chi connectivity index (χ3v) is 2.60. The Morgan fingerprint density at radius 1 is 1.47 bits per heavy atom. The molecule has 1 aromatic carbocycles. The van der Waals surface area contributed by atoms with Crippen LogP contribution in [0.3, 0.4) is 0 Å². The first-order valence-corrected chi connectivity index (χ1v) is 5.05. The standard InChI is InChI=1S/C10H12ClNO3/c11-7-3-6(8(12)1-2-13)4-9-10(7)15-5-14-9/h3-4,8,13H,1-2,5,12H2. The largest absolute Gasteiger partial charge is 0.454 e. The molecule has 2 rings (SSSR count). The second-order valence-electron chi connectivity index (χ2n) is 3.36. The van der Waals surface area contributed by atoms with E-state index >= 15 is 0 Å².